The van der Waals surface area contributed by atoms with E-state index in [4.69, 9.17) is 34.8 Å². The Balaban J connectivity index is 1.80. The van der Waals surface area contributed by atoms with Crippen molar-refractivity contribution in [1.29, 1.82) is 0 Å². The van der Waals surface area contributed by atoms with Gasteiger partial charge >= 0.3 is 6.03 Å². The number of aromatic hydroxyl groups is 1. The van der Waals surface area contributed by atoms with Crippen molar-refractivity contribution in [2.24, 2.45) is 5.92 Å². The summed E-state index contributed by atoms with van der Waals surface area (Å²) in [7, 11) is -4.05. The number of urea groups is 1. The molecule has 4 N–H and O–H groups in total. The quantitative estimate of drug-likeness (QED) is 0.465. The molecule has 0 saturated heterocycles. The molecular weight excluding hydrogens is 449 g/mol. The van der Waals surface area contributed by atoms with Gasteiger partial charge in [0.15, 0.2) is 5.75 Å². The zero-order valence-electron chi connectivity index (χ0n) is 14.3. The molecule has 0 atom stereocenters. The molecule has 2 aromatic carbocycles. The fourth-order valence-corrected chi connectivity index (χ4v) is 4.49. The summed E-state index contributed by atoms with van der Waals surface area (Å²) in [5.74, 6) is -0.367. The number of nitrogens with one attached hydrogen (secondary N) is 3. The van der Waals surface area contributed by atoms with Gasteiger partial charge in [-0.25, -0.2) is 17.9 Å². The van der Waals surface area contributed by atoms with Gasteiger partial charge < -0.3 is 15.7 Å². The third-order valence-electron chi connectivity index (χ3n) is 4.06. The summed E-state index contributed by atoms with van der Waals surface area (Å²) < 4.78 is 27.4. The molecule has 0 spiro atoms. The van der Waals surface area contributed by atoms with E-state index in [-0.39, 0.29) is 33.0 Å². The van der Waals surface area contributed by atoms with E-state index in [1.54, 1.807) is 12.1 Å². The topological polar surface area (TPSA) is 108 Å². The van der Waals surface area contributed by atoms with Crippen LogP contribution in [0.3, 0.4) is 0 Å². The molecule has 11 heteroatoms. The number of carbonyl (C=O) groups excluding carboxylic acids is 1. The van der Waals surface area contributed by atoms with Gasteiger partial charge in [0.05, 0.1) is 26.4 Å². The molecule has 150 valence electrons. The van der Waals surface area contributed by atoms with E-state index in [1.807, 2.05) is 0 Å². The van der Waals surface area contributed by atoms with E-state index in [2.05, 4.69) is 15.4 Å². The van der Waals surface area contributed by atoms with Crippen LogP contribution in [0.1, 0.15) is 12.8 Å². The molecule has 0 aliphatic heterocycles. The van der Waals surface area contributed by atoms with Gasteiger partial charge in [-0.3, -0.25) is 0 Å². The van der Waals surface area contributed by atoms with Crippen LogP contribution >= 0.6 is 34.8 Å². The number of carbonyl (C=O) groups is 1. The molecular formula is C17H16Cl3N3O4S. The molecule has 0 heterocycles. The van der Waals surface area contributed by atoms with Crippen LogP contribution in [0.2, 0.25) is 15.1 Å². The smallest absolute Gasteiger partial charge is 0.323 e. The highest BCUT2D eigenvalue weighted by Crippen LogP contribution is 2.37. The summed E-state index contributed by atoms with van der Waals surface area (Å²) in [4.78, 5) is 11.7. The van der Waals surface area contributed by atoms with Gasteiger partial charge in [-0.15, -0.1) is 0 Å². The average molecular weight is 465 g/mol. The average Bonchev–Trinajstić information content (AvgIpc) is 3.44. The predicted octanol–water partition coefficient (Wildman–Crippen LogP) is 4.68. The maximum absolute atomic E-state index is 12.5. The standard InChI is InChI=1S/C17H16Cl3N3O4S/c18-10-2-1-3-12(14(10)20)22-17(25)23-13-7-6-11(19)16(15(13)24)28(26,27)21-8-9-4-5-9/h1-3,6-7,9,21,24H,4-5,8H2,(H2,22,23,25). The Morgan fingerprint density at radius 1 is 1.04 bits per heavy atom. The highest BCUT2D eigenvalue weighted by Gasteiger charge is 2.28. The summed E-state index contributed by atoms with van der Waals surface area (Å²) >= 11 is 17.9. The summed E-state index contributed by atoms with van der Waals surface area (Å²) in [6.45, 7) is 0.267. The maximum atomic E-state index is 12.5. The van der Waals surface area contributed by atoms with Crippen LogP contribution in [0.4, 0.5) is 16.2 Å². The summed E-state index contributed by atoms with van der Waals surface area (Å²) in [6.07, 6.45) is 1.91. The van der Waals surface area contributed by atoms with Crippen LogP contribution < -0.4 is 15.4 Å². The molecule has 0 aromatic heterocycles. The van der Waals surface area contributed by atoms with Crippen LogP contribution in [0.5, 0.6) is 5.75 Å². The summed E-state index contributed by atoms with van der Waals surface area (Å²) in [6, 6.07) is 6.50. The molecule has 1 saturated carbocycles. The predicted molar refractivity (Wildman–Crippen MR) is 110 cm³/mol. The number of hydrogen-bond donors (Lipinski definition) is 4. The van der Waals surface area contributed by atoms with Gasteiger partial charge in [-0.2, -0.15) is 0 Å². The minimum atomic E-state index is -4.05. The van der Waals surface area contributed by atoms with Crippen molar-refractivity contribution in [3.05, 3.63) is 45.4 Å². The Labute approximate surface area is 177 Å². The third-order valence-corrected chi connectivity index (χ3v) is 6.80. The first-order chi connectivity index (χ1) is 13.2. The van der Waals surface area contributed by atoms with Gasteiger partial charge in [0.2, 0.25) is 10.0 Å². The van der Waals surface area contributed by atoms with E-state index >= 15 is 0 Å². The summed E-state index contributed by atoms with van der Waals surface area (Å²) in [5, 5.41) is 15.5. The van der Waals surface area contributed by atoms with Crippen molar-refractivity contribution >= 4 is 62.2 Å². The number of hydrogen-bond acceptors (Lipinski definition) is 4. The molecule has 1 aliphatic rings. The molecule has 28 heavy (non-hydrogen) atoms. The number of amides is 2. The normalized spacial score (nSPS) is 14.0. The molecule has 0 bridgehead atoms. The van der Waals surface area contributed by atoms with Crippen LogP contribution in [0.25, 0.3) is 0 Å². The minimum absolute atomic E-state index is 0.133. The Morgan fingerprint density at radius 3 is 2.39 bits per heavy atom. The highest BCUT2D eigenvalue weighted by molar-refractivity contribution is 7.89. The number of phenols is 1. The van der Waals surface area contributed by atoms with Gasteiger partial charge in [-0.05, 0) is 43.0 Å². The molecule has 3 rings (SSSR count). The number of anilines is 2. The second-order valence-electron chi connectivity index (χ2n) is 6.25. The number of halogens is 3. The second-order valence-corrected chi connectivity index (χ2v) is 9.14. The van der Waals surface area contributed by atoms with Crippen LogP contribution in [0.15, 0.2) is 35.2 Å². The number of benzene rings is 2. The van der Waals surface area contributed by atoms with E-state index in [1.165, 1.54) is 18.2 Å². The summed E-state index contributed by atoms with van der Waals surface area (Å²) in [5.41, 5.74) is 0.117. The van der Waals surface area contributed by atoms with Crippen molar-refractivity contribution < 1.29 is 18.3 Å². The maximum Gasteiger partial charge on any atom is 0.323 e. The Hall–Kier alpha value is -1.71. The largest absolute Gasteiger partial charge is 0.504 e. The Bertz CT molecular complexity index is 1030. The zero-order chi connectivity index (χ0) is 20.5. The number of sulfonamides is 1. The van der Waals surface area contributed by atoms with Crippen molar-refractivity contribution in [1.82, 2.24) is 4.72 Å². The van der Waals surface area contributed by atoms with Crippen LogP contribution in [0, 0.1) is 5.92 Å². The molecule has 0 radical (unpaired) electrons. The van der Waals surface area contributed by atoms with Gasteiger partial charge in [0, 0.05) is 6.54 Å². The van der Waals surface area contributed by atoms with Crippen molar-refractivity contribution in [2.75, 3.05) is 17.2 Å². The lowest BCUT2D eigenvalue weighted by atomic mass is 10.3. The van der Waals surface area contributed by atoms with Crippen molar-refractivity contribution in [3.8, 4) is 5.75 Å². The number of rotatable bonds is 6. The van der Waals surface area contributed by atoms with Gasteiger partial charge in [0.25, 0.3) is 0 Å². The highest BCUT2D eigenvalue weighted by atomic mass is 35.5. The van der Waals surface area contributed by atoms with Crippen molar-refractivity contribution in [3.63, 3.8) is 0 Å². The first-order valence-electron chi connectivity index (χ1n) is 8.22. The fraction of sp³-hybridized carbons (Fsp3) is 0.235. The Morgan fingerprint density at radius 2 is 1.71 bits per heavy atom. The van der Waals surface area contributed by atoms with E-state index in [9.17, 15) is 18.3 Å². The Kier molecular flexibility index (Phi) is 6.26. The molecule has 0 unspecified atom stereocenters. The molecule has 2 aromatic rings. The van der Waals surface area contributed by atoms with Gasteiger partial charge in [0.1, 0.15) is 4.90 Å². The zero-order valence-corrected chi connectivity index (χ0v) is 17.4. The molecule has 2 amide bonds. The number of phenolic OH excluding ortho intramolecular Hbond substituents is 1. The lowest BCUT2D eigenvalue weighted by Gasteiger charge is -2.14. The monoisotopic (exact) mass is 463 g/mol. The van der Waals surface area contributed by atoms with Crippen LogP contribution in [-0.4, -0.2) is 26.1 Å². The van der Waals surface area contributed by atoms with Crippen molar-refractivity contribution in [2.45, 2.75) is 17.7 Å². The molecule has 7 nitrogen and oxygen atoms in total. The van der Waals surface area contributed by atoms with Crippen LogP contribution in [-0.2, 0) is 10.0 Å². The molecule has 1 aliphatic carbocycles. The van der Waals surface area contributed by atoms with Gasteiger partial charge in [-0.1, -0.05) is 40.9 Å². The first-order valence-corrected chi connectivity index (χ1v) is 10.8. The first kappa shape index (κ1) is 21.0. The molecule has 1 fully saturated rings. The fourth-order valence-electron chi connectivity index (χ4n) is 2.40. The van der Waals surface area contributed by atoms with E-state index in [0.717, 1.165) is 12.8 Å². The second kappa shape index (κ2) is 8.34. The lowest BCUT2D eigenvalue weighted by molar-refractivity contribution is 0.262. The SMILES string of the molecule is O=C(Nc1ccc(Cl)c(S(=O)(=O)NCC2CC2)c1O)Nc1cccc(Cl)c1Cl. The lowest BCUT2D eigenvalue weighted by Crippen LogP contribution is -2.26. The minimum Gasteiger partial charge on any atom is -0.504 e. The van der Waals surface area contributed by atoms with E-state index < -0.39 is 26.7 Å². The third kappa shape index (κ3) is 4.82. The van der Waals surface area contributed by atoms with E-state index in [0.29, 0.717) is 5.92 Å².